The Morgan fingerprint density at radius 3 is 2.43 bits per heavy atom. The fourth-order valence-corrected chi connectivity index (χ4v) is 1.14. The summed E-state index contributed by atoms with van der Waals surface area (Å²) in [6.07, 6.45) is 2.99. The Kier molecular flexibility index (Phi) is 2.10. The maximum Gasteiger partial charge on any atom is 0.344 e. The van der Waals surface area contributed by atoms with Crippen molar-refractivity contribution < 1.29 is 4.39 Å². The summed E-state index contributed by atoms with van der Waals surface area (Å²) in [6, 6.07) is 5.98. The molecule has 0 fully saturated rings. The molecule has 0 aliphatic heterocycles. The van der Waals surface area contributed by atoms with Crippen LogP contribution < -0.4 is 5.69 Å². The van der Waals surface area contributed by atoms with Crippen LogP contribution in [0.2, 0.25) is 0 Å². The van der Waals surface area contributed by atoms with E-state index in [-0.39, 0.29) is 5.82 Å². The topological polar surface area (TPSA) is 45.8 Å². The van der Waals surface area contributed by atoms with Gasteiger partial charge >= 0.3 is 5.69 Å². The van der Waals surface area contributed by atoms with Crippen LogP contribution in [0, 0.1) is 5.82 Å². The summed E-state index contributed by atoms with van der Waals surface area (Å²) >= 11 is 0. The van der Waals surface area contributed by atoms with Gasteiger partial charge in [-0.3, -0.25) is 0 Å². The monoisotopic (exact) mass is 190 g/mol. The third kappa shape index (κ3) is 1.69. The lowest BCUT2D eigenvalue weighted by Crippen LogP contribution is -2.07. The number of benzene rings is 1. The molecule has 1 N–H and O–H groups in total. The molecule has 2 aromatic rings. The van der Waals surface area contributed by atoms with E-state index in [0.29, 0.717) is 0 Å². The average molecular weight is 190 g/mol. The minimum atomic E-state index is -0.393. The van der Waals surface area contributed by atoms with Gasteiger partial charge in [-0.2, -0.15) is 0 Å². The highest BCUT2D eigenvalue weighted by Gasteiger charge is 1.97. The van der Waals surface area contributed by atoms with E-state index in [1.54, 1.807) is 18.3 Å². The molecule has 0 unspecified atom stereocenters. The highest BCUT2D eigenvalue weighted by atomic mass is 19.1. The Hall–Kier alpha value is -1.97. The molecule has 0 spiro atoms. The van der Waals surface area contributed by atoms with Gasteiger partial charge < -0.3 is 4.98 Å². The highest BCUT2D eigenvalue weighted by Crippen LogP contribution is 2.16. The minimum Gasteiger partial charge on any atom is -0.312 e. The van der Waals surface area contributed by atoms with Gasteiger partial charge in [0.1, 0.15) is 5.82 Å². The van der Waals surface area contributed by atoms with Gasteiger partial charge in [0, 0.05) is 18.0 Å². The average Bonchev–Trinajstić information content (AvgIpc) is 2.21. The molecule has 2 rings (SSSR count). The molecule has 0 radical (unpaired) electrons. The van der Waals surface area contributed by atoms with Gasteiger partial charge in [-0.15, -0.1) is 0 Å². The summed E-state index contributed by atoms with van der Waals surface area (Å²) in [6.45, 7) is 0. The predicted octanol–water partition coefficient (Wildman–Crippen LogP) is 1.58. The van der Waals surface area contributed by atoms with Crippen LogP contribution in [0.25, 0.3) is 11.1 Å². The van der Waals surface area contributed by atoms with E-state index in [4.69, 9.17) is 0 Å². The van der Waals surface area contributed by atoms with E-state index in [9.17, 15) is 9.18 Å². The second-order valence-electron chi connectivity index (χ2n) is 2.81. The van der Waals surface area contributed by atoms with Gasteiger partial charge in [-0.05, 0) is 17.7 Å². The van der Waals surface area contributed by atoms with E-state index in [1.807, 2.05) is 0 Å². The summed E-state index contributed by atoms with van der Waals surface area (Å²) in [5, 5.41) is 0. The van der Waals surface area contributed by atoms with Crippen LogP contribution in [0.15, 0.2) is 41.5 Å². The van der Waals surface area contributed by atoms with Crippen molar-refractivity contribution in [2.24, 2.45) is 0 Å². The lowest BCUT2D eigenvalue weighted by Gasteiger charge is -1.98. The second kappa shape index (κ2) is 3.41. The molecule has 70 valence electrons. The van der Waals surface area contributed by atoms with Gasteiger partial charge in [-0.1, -0.05) is 12.1 Å². The van der Waals surface area contributed by atoms with Crippen molar-refractivity contribution >= 4 is 0 Å². The third-order valence-electron chi connectivity index (χ3n) is 1.85. The van der Waals surface area contributed by atoms with Crippen LogP contribution in [-0.2, 0) is 0 Å². The van der Waals surface area contributed by atoms with E-state index in [1.165, 1.54) is 18.3 Å². The first-order valence-electron chi connectivity index (χ1n) is 4.06. The SMILES string of the molecule is O=c1ncc(-c2ccc(F)cc2)c[nH]1. The zero-order valence-electron chi connectivity index (χ0n) is 7.20. The quantitative estimate of drug-likeness (QED) is 0.741. The molecule has 0 amide bonds. The number of nitrogens with zero attached hydrogens (tertiary/aromatic N) is 1. The van der Waals surface area contributed by atoms with E-state index < -0.39 is 5.69 Å². The molecule has 0 bridgehead atoms. The molecule has 0 atom stereocenters. The van der Waals surface area contributed by atoms with Crippen molar-refractivity contribution in [1.82, 2.24) is 9.97 Å². The summed E-state index contributed by atoms with van der Waals surface area (Å²) in [5.41, 5.74) is 1.18. The van der Waals surface area contributed by atoms with Crippen LogP contribution in [0.1, 0.15) is 0 Å². The maximum absolute atomic E-state index is 12.6. The fourth-order valence-electron chi connectivity index (χ4n) is 1.14. The normalized spacial score (nSPS) is 10.1. The molecule has 0 saturated carbocycles. The van der Waals surface area contributed by atoms with E-state index in [0.717, 1.165) is 11.1 Å². The van der Waals surface area contributed by atoms with E-state index >= 15 is 0 Å². The third-order valence-corrected chi connectivity index (χ3v) is 1.85. The van der Waals surface area contributed by atoms with Crippen LogP contribution in [-0.4, -0.2) is 9.97 Å². The van der Waals surface area contributed by atoms with Gasteiger partial charge in [-0.25, -0.2) is 14.2 Å². The number of aromatic amines is 1. The molecule has 0 saturated heterocycles. The molecule has 4 heteroatoms. The highest BCUT2D eigenvalue weighted by molar-refractivity contribution is 5.60. The first kappa shape index (κ1) is 8.62. The van der Waals surface area contributed by atoms with Crippen molar-refractivity contribution in [3.63, 3.8) is 0 Å². The number of halogens is 1. The molecular formula is C10H7FN2O. The molecule has 3 nitrogen and oxygen atoms in total. The zero-order valence-corrected chi connectivity index (χ0v) is 7.20. The van der Waals surface area contributed by atoms with Crippen molar-refractivity contribution in [2.45, 2.75) is 0 Å². The van der Waals surface area contributed by atoms with Crippen molar-refractivity contribution in [3.8, 4) is 11.1 Å². The van der Waals surface area contributed by atoms with Crippen LogP contribution in [0.3, 0.4) is 0 Å². The van der Waals surface area contributed by atoms with Gasteiger partial charge in [0.25, 0.3) is 0 Å². The van der Waals surface area contributed by atoms with Crippen molar-refractivity contribution in [2.75, 3.05) is 0 Å². The number of hydrogen-bond donors (Lipinski definition) is 1. The Balaban J connectivity index is 2.44. The smallest absolute Gasteiger partial charge is 0.312 e. The number of aromatic nitrogens is 2. The molecule has 0 aliphatic carbocycles. The lowest BCUT2D eigenvalue weighted by molar-refractivity contribution is 0.628. The molecule has 0 aliphatic rings. The largest absolute Gasteiger partial charge is 0.344 e. The summed E-state index contributed by atoms with van der Waals surface area (Å²) in [7, 11) is 0. The number of hydrogen-bond acceptors (Lipinski definition) is 2. The van der Waals surface area contributed by atoms with Crippen molar-refractivity contribution in [3.05, 3.63) is 53.0 Å². The summed E-state index contributed by atoms with van der Waals surface area (Å²) in [5.74, 6) is -0.286. The second-order valence-corrected chi connectivity index (χ2v) is 2.81. The molecule has 1 aromatic heterocycles. The number of nitrogens with one attached hydrogen (secondary N) is 1. The summed E-state index contributed by atoms with van der Waals surface area (Å²) < 4.78 is 12.6. The number of rotatable bonds is 1. The van der Waals surface area contributed by atoms with Crippen molar-refractivity contribution in [1.29, 1.82) is 0 Å². The van der Waals surface area contributed by atoms with Crippen LogP contribution in [0.4, 0.5) is 4.39 Å². The number of H-pyrrole nitrogens is 1. The zero-order chi connectivity index (χ0) is 9.97. The van der Waals surface area contributed by atoms with Crippen LogP contribution >= 0.6 is 0 Å². The van der Waals surface area contributed by atoms with Gasteiger partial charge in [0.05, 0.1) is 0 Å². The van der Waals surface area contributed by atoms with Gasteiger partial charge in [0.15, 0.2) is 0 Å². The Morgan fingerprint density at radius 1 is 1.14 bits per heavy atom. The molecule has 14 heavy (non-hydrogen) atoms. The van der Waals surface area contributed by atoms with Crippen LogP contribution in [0.5, 0.6) is 0 Å². The standard InChI is InChI=1S/C10H7FN2O/c11-9-3-1-7(2-4-9)8-5-12-10(14)13-6-8/h1-6H,(H,12,13,14). The predicted molar refractivity (Wildman–Crippen MR) is 50.3 cm³/mol. The minimum absolute atomic E-state index is 0.286. The first-order valence-corrected chi connectivity index (χ1v) is 4.06. The lowest BCUT2D eigenvalue weighted by atomic mass is 10.1. The Bertz CT molecular complexity index is 470. The fraction of sp³-hybridized carbons (Fsp3) is 0. The Labute approximate surface area is 79.3 Å². The first-order chi connectivity index (χ1) is 6.75. The Morgan fingerprint density at radius 2 is 1.86 bits per heavy atom. The summed E-state index contributed by atoms with van der Waals surface area (Å²) in [4.78, 5) is 16.7. The van der Waals surface area contributed by atoms with E-state index in [2.05, 4.69) is 9.97 Å². The molecule has 1 aromatic carbocycles. The molecule has 1 heterocycles. The van der Waals surface area contributed by atoms with Gasteiger partial charge in [0.2, 0.25) is 0 Å². The molecular weight excluding hydrogens is 183 g/mol. The maximum atomic E-state index is 12.6.